The molecular weight excluding hydrogens is 245 g/mol. The van der Waals surface area contributed by atoms with Crippen LogP contribution >= 0.6 is 0 Å². The van der Waals surface area contributed by atoms with Gasteiger partial charge in [0.15, 0.2) is 0 Å². The van der Waals surface area contributed by atoms with E-state index in [1.54, 1.807) is 0 Å². The lowest BCUT2D eigenvalue weighted by Crippen LogP contribution is -2.34. The summed E-state index contributed by atoms with van der Waals surface area (Å²) in [6.07, 6.45) is -2.62. The molecule has 0 aromatic carbocycles. The lowest BCUT2D eigenvalue weighted by Gasteiger charge is -2.16. The van der Waals surface area contributed by atoms with E-state index in [-0.39, 0.29) is 12.6 Å². The van der Waals surface area contributed by atoms with Gasteiger partial charge >= 0.3 is 6.18 Å². The van der Waals surface area contributed by atoms with Crippen LogP contribution in [0.1, 0.15) is 25.8 Å². The zero-order valence-electron chi connectivity index (χ0n) is 10.4. The van der Waals surface area contributed by atoms with Crippen LogP contribution in [0, 0.1) is 0 Å². The van der Waals surface area contributed by atoms with Crippen molar-refractivity contribution in [1.29, 1.82) is 0 Å². The zero-order valence-corrected chi connectivity index (χ0v) is 10.4. The van der Waals surface area contributed by atoms with E-state index in [2.05, 4.69) is 5.32 Å². The molecule has 0 bridgehead atoms. The minimum atomic E-state index is -4.42. The maximum atomic E-state index is 12.5. The highest BCUT2D eigenvalue weighted by Gasteiger charge is 2.31. The number of rotatable bonds is 5. The Morgan fingerprint density at radius 3 is 2.61 bits per heavy atom. The smallest absolute Gasteiger partial charge is 0.313 e. The molecule has 0 aliphatic rings. The minimum Gasteiger partial charge on any atom is -0.313 e. The van der Waals surface area contributed by atoms with Crippen LogP contribution in [0.5, 0.6) is 0 Å². The van der Waals surface area contributed by atoms with E-state index < -0.39 is 17.3 Å². The highest BCUT2D eigenvalue weighted by atomic mass is 19.4. The van der Waals surface area contributed by atoms with Crippen molar-refractivity contribution in [3.8, 4) is 0 Å². The Balaban J connectivity index is 2.85. The van der Waals surface area contributed by atoms with Crippen molar-refractivity contribution in [2.24, 2.45) is 0 Å². The summed E-state index contributed by atoms with van der Waals surface area (Å²) in [5.41, 5.74) is -1.22. The van der Waals surface area contributed by atoms with Crippen molar-refractivity contribution in [3.63, 3.8) is 0 Å². The quantitative estimate of drug-likeness (QED) is 0.883. The van der Waals surface area contributed by atoms with Gasteiger partial charge < -0.3 is 9.88 Å². The lowest BCUT2D eigenvalue weighted by molar-refractivity contribution is -0.138. The molecule has 1 aromatic rings. The molecule has 1 unspecified atom stereocenters. The van der Waals surface area contributed by atoms with E-state index in [0.29, 0.717) is 0 Å². The molecule has 1 N–H and O–H groups in total. The van der Waals surface area contributed by atoms with Crippen molar-refractivity contribution in [1.82, 2.24) is 9.88 Å². The van der Waals surface area contributed by atoms with Crippen LogP contribution in [-0.2, 0) is 12.7 Å². The number of pyridine rings is 1. The van der Waals surface area contributed by atoms with Gasteiger partial charge in [-0.15, -0.1) is 0 Å². The largest absolute Gasteiger partial charge is 0.417 e. The first kappa shape index (κ1) is 14.8. The molecule has 0 fully saturated rings. The number of nitrogens with zero attached hydrogens (tertiary/aromatic N) is 1. The van der Waals surface area contributed by atoms with Gasteiger partial charge in [0.1, 0.15) is 0 Å². The zero-order chi connectivity index (χ0) is 13.8. The van der Waals surface area contributed by atoms with Crippen LogP contribution < -0.4 is 10.9 Å². The van der Waals surface area contributed by atoms with Gasteiger partial charge in [0.2, 0.25) is 0 Å². The first-order valence-corrected chi connectivity index (χ1v) is 5.85. The Kier molecular flexibility index (Phi) is 4.95. The second-order valence-corrected chi connectivity index (χ2v) is 4.26. The molecule has 0 aliphatic heterocycles. The summed E-state index contributed by atoms with van der Waals surface area (Å²) < 4.78 is 38.6. The molecule has 1 atom stereocenters. The van der Waals surface area contributed by atoms with Gasteiger partial charge in [-0.25, -0.2) is 0 Å². The van der Waals surface area contributed by atoms with Crippen molar-refractivity contribution in [2.45, 2.75) is 39.0 Å². The van der Waals surface area contributed by atoms with E-state index in [0.717, 1.165) is 35.9 Å². The number of hydrogen-bond donors (Lipinski definition) is 1. The number of aromatic nitrogens is 1. The molecule has 102 valence electrons. The molecule has 0 saturated heterocycles. The molecule has 1 heterocycles. The van der Waals surface area contributed by atoms with Crippen molar-refractivity contribution >= 4 is 0 Å². The van der Waals surface area contributed by atoms with Crippen molar-refractivity contribution < 1.29 is 13.2 Å². The fourth-order valence-electron chi connectivity index (χ4n) is 1.59. The molecule has 18 heavy (non-hydrogen) atoms. The standard InChI is InChI=1S/C12H17F3N2O/c1-3-6-16-9(2)7-17-8-10(12(13,14)15)4-5-11(17)18/h4-5,8-9,16H,3,6-7H2,1-2H3. The average Bonchev–Trinajstić information content (AvgIpc) is 2.28. The van der Waals surface area contributed by atoms with Gasteiger partial charge in [-0.2, -0.15) is 13.2 Å². The Labute approximate surface area is 104 Å². The molecule has 0 aliphatic carbocycles. The van der Waals surface area contributed by atoms with Gasteiger partial charge in [0.25, 0.3) is 5.56 Å². The molecular formula is C12H17F3N2O. The van der Waals surface area contributed by atoms with E-state index in [4.69, 9.17) is 0 Å². The number of nitrogens with one attached hydrogen (secondary N) is 1. The normalized spacial score (nSPS) is 13.6. The first-order chi connectivity index (χ1) is 8.34. The van der Waals surface area contributed by atoms with Gasteiger partial charge in [-0.3, -0.25) is 4.79 Å². The number of halogens is 3. The first-order valence-electron chi connectivity index (χ1n) is 5.85. The summed E-state index contributed by atoms with van der Waals surface area (Å²) in [7, 11) is 0. The fourth-order valence-corrected chi connectivity index (χ4v) is 1.59. The van der Waals surface area contributed by atoms with E-state index in [9.17, 15) is 18.0 Å². The molecule has 3 nitrogen and oxygen atoms in total. The molecule has 1 aromatic heterocycles. The van der Waals surface area contributed by atoms with Crippen LogP contribution in [0.2, 0.25) is 0 Å². The maximum absolute atomic E-state index is 12.5. The Morgan fingerprint density at radius 1 is 1.39 bits per heavy atom. The predicted molar refractivity (Wildman–Crippen MR) is 63.5 cm³/mol. The van der Waals surface area contributed by atoms with Crippen LogP contribution in [-0.4, -0.2) is 17.2 Å². The lowest BCUT2D eigenvalue weighted by atomic mass is 10.2. The summed E-state index contributed by atoms with van der Waals surface area (Å²) in [6, 6.07) is 1.71. The highest BCUT2D eigenvalue weighted by molar-refractivity contribution is 5.13. The Morgan fingerprint density at radius 2 is 2.06 bits per heavy atom. The van der Waals surface area contributed by atoms with Crippen molar-refractivity contribution in [3.05, 3.63) is 34.2 Å². The summed E-state index contributed by atoms with van der Waals surface area (Å²) in [4.78, 5) is 11.5. The second kappa shape index (κ2) is 6.04. The minimum absolute atomic E-state index is 0.0499. The topological polar surface area (TPSA) is 34.0 Å². The van der Waals surface area contributed by atoms with Crippen LogP contribution in [0.3, 0.4) is 0 Å². The third-order valence-electron chi connectivity index (χ3n) is 2.52. The maximum Gasteiger partial charge on any atom is 0.417 e. The summed E-state index contributed by atoms with van der Waals surface area (Å²) >= 11 is 0. The molecule has 0 amide bonds. The fraction of sp³-hybridized carbons (Fsp3) is 0.583. The highest BCUT2D eigenvalue weighted by Crippen LogP contribution is 2.27. The molecule has 0 radical (unpaired) electrons. The summed E-state index contributed by atoms with van der Waals surface area (Å²) in [5, 5.41) is 3.13. The molecule has 6 heteroatoms. The van der Waals surface area contributed by atoms with Gasteiger partial charge in [-0.1, -0.05) is 6.92 Å². The summed E-state index contributed by atoms with van der Waals surface area (Å²) in [5.74, 6) is 0. The van der Waals surface area contributed by atoms with Gasteiger partial charge in [0.05, 0.1) is 5.56 Å². The third-order valence-corrected chi connectivity index (χ3v) is 2.52. The Hall–Kier alpha value is -1.30. The molecule has 0 spiro atoms. The van der Waals surface area contributed by atoms with Crippen LogP contribution in [0.25, 0.3) is 0 Å². The average molecular weight is 262 g/mol. The molecule has 1 rings (SSSR count). The van der Waals surface area contributed by atoms with E-state index in [1.807, 2.05) is 13.8 Å². The van der Waals surface area contributed by atoms with Crippen LogP contribution in [0.4, 0.5) is 13.2 Å². The van der Waals surface area contributed by atoms with E-state index in [1.165, 1.54) is 0 Å². The van der Waals surface area contributed by atoms with Crippen molar-refractivity contribution in [2.75, 3.05) is 6.54 Å². The van der Waals surface area contributed by atoms with Gasteiger partial charge in [0, 0.05) is 24.8 Å². The number of hydrogen-bond acceptors (Lipinski definition) is 2. The second-order valence-electron chi connectivity index (χ2n) is 4.26. The van der Waals surface area contributed by atoms with Gasteiger partial charge in [-0.05, 0) is 26.0 Å². The third kappa shape index (κ3) is 4.18. The number of alkyl halides is 3. The summed E-state index contributed by atoms with van der Waals surface area (Å²) in [6.45, 7) is 4.83. The monoisotopic (exact) mass is 262 g/mol. The SMILES string of the molecule is CCCNC(C)Cn1cc(C(F)(F)F)ccc1=O. The van der Waals surface area contributed by atoms with Crippen LogP contribution in [0.15, 0.2) is 23.1 Å². The molecule has 0 saturated carbocycles. The Bertz CT molecular complexity index is 440. The predicted octanol–water partition coefficient (Wildman–Crippen LogP) is 2.26. The van der Waals surface area contributed by atoms with E-state index >= 15 is 0 Å².